The van der Waals surface area contributed by atoms with Crippen molar-refractivity contribution in [3.63, 3.8) is 0 Å². The number of hydrogen-bond acceptors (Lipinski definition) is 3. The van der Waals surface area contributed by atoms with Crippen LogP contribution in [0.2, 0.25) is 0 Å². The number of nitrogens with two attached hydrogens (primary N) is 1. The molecule has 1 heterocycles. The summed E-state index contributed by atoms with van der Waals surface area (Å²) in [6.45, 7) is 2.93. The Morgan fingerprint density at radius 1 is 1.04 bits per heavy atom. The molecule has 1 unspecified atom stereocenters. The van der Waals surface area contributed by atoms with Crippen molar-refractivity contribution in [2.75, 3.05) is 19.6 Å². The molecule has 0 bridgehead atoms. The molecule has 1 aliphatic carbocycles. The van der Waals surface area contributed by atoms with Crippen LogP contribution in [0.3, 0.4) is 0 Å². The predicted molar refractivity (Wildman–Crippen MR) is 118 cm³/mol. The van der Waals surface area contributed by atoms with Crippen molar-refractivity contribution >= 4 is 35.6 Å². The Kier molecular flexibility index (Phi) is 7.96. The second-order valence-electron chi connectivity index (χ2n) is 8.13. The fourth-order valence-corrected chi connectivity index (χ4v) is 4.81. The zero-order valence-electron chi connectivity index (χ0n) is 15.8. The summed E-state index contributed by atoms with van der Waals surface area (Å²) in [4.78, 5) is 2.46. The third-order valence-electron chi connectivity index (χ3n) is 6.29. The van der Waals surface area contributed by atoms with Gasteiger partial charge in [0, 0.05) is 25.0 Å². The van der Waals surface area contributed by atoms with Gasteiger partial charge in [0.25, 0.3) is 0 Å². The summed E-state index contributed by atoms with van der Waals surface area (Å²) in [7, 11) is 0. The molecule has 0 spiro atoms. The van der Waals surface area contributed by atoms with Crippen molar-refractivity contribution in [3.8, 4) is 0 Å². The molecular weight excluding hydrogens is 379 g/mol. The maximum Gasteiger partial charge on any atom is 0.0728 e. The molecule has 1 saturated carbocycles. The zero-order chi connectivity index (χ0) is 17.3. The molecule has 4 rings (SSSR count). The van der Waals surface area contributed by atoms with E-state index in [4.69, 9.17) is 5.73 Å². The first-order valence-corrected chi connectivity index (χ1v) is 9.83. The molecule has 0 radical (unpaired) electrons. The third kappa shape index (κ3) is 4.96. The molecule has 5 heteroatoms. The Bertz CT molecular complexity index is 733. The van der Waals surface area contributed by atoms with Crippen LogP contribution < -0.4 is 5.73 Å². The van der Waals surface area contributed by atoms with Crippen molar-refractivity contribution in [1.29, 1.82) is 0 Å². The molecule has 2 aromatic carbocycles. The Hall–Kier alpha value is -0.840. The second-order valence-corrected chi connectivity index (χ2v) is 8.13. The zero-order valence-corrected chi connectivity index (χ0v) is 17.5. The molecule has 2 fully saturated rings. The van der Waals surface area contributed by atoms with Crippen molar-refractivity contribution in [2.24, 2.45) is 5.73 Å². The molecule has 0 amide bonds. The maximum atomic E-state index is 11.5. The van der Waals surface area contributed by atoms with Gasteiger partial charge in [-0.05, 0) is 42.1 Å². The van der Waals surface area contributed by atoms with E-state index < -0.39 is 5.60 Å². The molecule has 27 heavy (non-hydrogen) atoms. The van der Waals surface area contributed by atoms with E-state index >= 15 is 0 Å². The van der Waals surface area contributed by atoms with Crippen molar-refractivity contribution in [3.05, 3.63) is 48.0 Å². The number of likely N-dealkylation sites (tertiary alicyclic amines) is 1. The highest BCUT2D eigenvalue weighted by molar-refractivity contribution is 5.85. The fourth-order valence-electron chi connectivity index (χ4n) is 4.81. The first-order chi connectivity index (χ1) is 12.1. The van der Waals surface area contributed by atoms with Crippen LogP contribution in [-0.4, -0.2) is 41.3 Å². The molecule has 0 aromatic heterocycles. The lowest BCUT2D eigenvalue weighted by atomic mass is 9.72. The van der Waals surface area contributed by atoms with E-state index in [-0.39, 0.29) is 30.7 Å². The van der Waals surface area contributed by atoms with E-state index in [0.29, 0.717) is 6.04 Å². The molecule has 2 aromatic rings. The third-order valence-corrected chi connectivity index (χ3v) is 6.29. The van der Waals surface area contributed by atoms with E-state index in [9.17, 15) is 5.11 Å². The number of benzene rings is 2. The Morgan fingerprint density at radius 2 is 1.74 bits per heavy atom. The summed E-state index contributed by atoms with van der Waals surface area (Å²) >= 11 is 0. The van der Waals surface area contributed by atoms with Crippen LogP contribution in [-0.2, 0) is 0 Å². The number of halogens is 2. The fraction of sp³-hybridized carbons (Fsp3) is 0.545. The number of hydrogen-bond donors (Lipinski definition) is 2. The quantitative estimate of drug-likeness (QED) is 0.779. The molecule has 1 saturated heterocycles. The van der Waals surface area contributed by atoms with Crippen LogP contribution in [0.25, 0.3) is 10.8 Å². The van der Waals surface area contributed by atoms with Gasteiger partial charge in [-0.2, -0.15) is 0 Å². The summed E-state index contributed by atoms with van der Waals surface area (Å²) in [5.41, 5.74) is 6.83. The number of aliphatic hydroxyl groups is 1. The van der Waals surface area contributed by atoms with Crippen LogP contribution in [0.4, 0.5) is 0 Å². The van der Waals surface area contributed by atoms with Crippen LogP contribution in [0.5, 0.6) is 0 Å². The minimum atomic E-state index is -0.576. The highest BCUT2D eigenvalue weighted by atomic mass is 35.5. The van der Waals surface area contributed by atoms with Crippen molar-refractivity contribution < 1.29 is 5.11 Å². The second kappa shape index (κ2) is 9.58. The van der Waals surface area contributed by atoms with Crippen LogP contribution in [0.1, 0.15) is 50.0 Å². The summed E-state index contributed by atoms with van der Waals surface area (Å²) in [6.07, 6.45) is 6.44. The van der Waals surface area contributed by atoms with E-state index in [0.717, 1.165) is 51.7 Å². The smallest absolute Gasteiger partial charge is 0.0728 e. The summed E-state index contributed by atoms with van der Waals surface area (Å²) < 4.78 is 0. The molecule has 150 valence electrons. The lowest BCUT2D eigenvalue weighted by Gasteiger charge is -2.41. The lowest BCUT2D eigenvalue weighted by molar-refractivity contribution is -0.0294. The van der Waals surface area contributed by atoms with Gasteiger partial charge in [-0.1, -0.05) is 61.7 Å². The Morgan fingerprint density at radius 3 is 2.41 bits per heavy atom. The monoisotopic (exact) mass is 410 g/mol. The number of fused-ring (bicyclic) bond motifs is 1. The van der Waals surface area contributed by atoms with Gasteiger partial charge in [0.05, 0.1) is 5.60 Å². The van der Waals surface area contributed by atoms with Crippen LogP contribution in [0.15, 0.2) is 42.5 Å². The van der Waals surface area contributed by atoms with Gasteiger partial charge in [-0.3, -0.25) is 0 Å². The molecule has 3 nitrogen and oxygen atoms in total. The first-order valence-electron chi connectivity index (χ1n) is 9.83. The number of rotatable bonds is 4. The maximum absolute atomic E-state index is 11.5. The SMILES string of the molecule is Cl.Cl.N[C@H]1CCN(CC(c2ccc3ccccc3c2)C2(O)CCCCC2)C1. The predicted octanol–water partition coefficient (Wildman–Crippen LogP) is 4.50. The summed E-state index contributed by atoms with van der Waals surface area (Å²) in [5.74, 6) is 0.169. The van der Waals surface area contributed by atoms with Crippen LogP contribution >= 0.6 is 24.8 Å². The topological polar surface area (TPSA) is 49.5 Å². The van der Waals surface area contributed by atoms with Gasteiger partial charge in [0.1, 0.15) is 0 Å². The molecule has 3 N–H and O–H groups in total. The number of nitrogens with zero attached hydrogens (tertiary/aromatic N) is 1. The Labute approximate surface area is 175 Å². The first kappa shape index (κ1) is 22.4. The highest BCUT2D eigenvalue weighted by Crippen LogP contribution is 2.41. The standard InChI is InChI=1S/C22H30N2O.2ClH/c23-20-10-13-24(15-20)16-21(22(25)11-4-1-5-12-22)19-9-8-17-6-2-3-7-18(17)14-19;;/h2-3,6-9,14,20-21,25H,1,4-5,10-13,15-16,23H2;2*1H/t20-,21?;;/m0../s1. The van der Waals surface area contributed by atoms with Crippen LogP contribution in [0, 0.1) is 0 Å². The minimum Gasteiger partial charge on any atom is -0.389 e. The van der Waals surface area contributed by atoms with Crippen molar-refractivity contribution in [1.82, 2.24) is 4.90 Å². The normalized spacial score (nSPS) is 23.4. The van der Waals surface area contributed by atoms with Gasteiger partial charge in [-0.15, -0.1) is 24.8 Å². The molecular formula is C22H32Cl2N2O. The lowest BCUT2D eigenvalue weighted by Crippen LogP contribution is -2.44. The molecule has 1 aliphatic heterocycles. The Balaban J connectivity index is 0.00000131. The summed E-state index contributed by atoms with van der Waals surface area (Å²) in [5, 5.41) is 14.1. The van der Waals surface area contributed by atoms with E-state index in [1.807, 2.05) is 0 Å². The summed E-state index contributed by atoms with van der Waals surface area (Å²) in [6, 6.07) is 15.5. The van der Waals surface area contributed by atoms with Crippen molar-refractivity contribution in [2.45, 2.75) is 56.1 Å². The van der Waals surface area contributed by atoms with Gasteiger partial charge in [0.15, 0.2) is 0 Å². The average Bonchev–Trinajstić information content (AvgIpc) is 3.05. The van der Waals surface area contributed by atoms with Gasteiger partial charge >= 0.3 is 0 Å². The van der Waals surface area contributed by atoms with Gasteiger partial charge in [0.2, 0.25) is 0 Å². The van der Waals surface area contributed by atoms with Gasteiger partial charge < -0.3 is 15.7 Å². The van der Waals surface area contributed by atoms with E-state index in [2.05, 4.69) is 47.4 Å². The molecule has 2 aliphatic rings. The van der Waals surface area contributed by atoms with E-state index in [1.165, 1.54) is 22.8 Å². The highest BCUT2D eigenvalue weighted by Gasteiger charge is 2.40. The molecule has 2 atom stereocenters. The van der Waals surface area contributed by atoms with Gasteiger partial charge in [-0.25, -0.2) is 0 Å². The van der Waals surface area contributed by atoms with E-state index in [1.54, 1.807) is 0 Å². The largest absolute Gasteiger partial charge is 0.389 e. The average molecular weight is 411 g/mol. The minimum absolute atomic E-state index is 0.